The fourth-order valence-corrected chi connectivity index (χ4v) is 14.6. The van der Waals surface area contributed by atoms with Crippen molar-refractivity contribution in [3.63, 3.8) is 0 Å². The van der Waals surface area contributed by atoms with Crippen LogP contribution in [0.2, 0.25) is 0 Å². The summed E-state index contributed by atoms with van der Waals surface area (Å²) in [7, 11) is -4.89. The fraction of sp³-hybridized carbons (Fsp3) is 0.361. The van der Waals surface area contributed by atoms with E-state index in [-0.39, 0.29) is 17.4 Å². The number of carbonyl (C=O) groups excluding carboxylic acids is 1. The molecule has 8 aromatic rings. The molecule has 0 spiro atoms. The van der Waals surface area contributed by atoms with E-state index >= 15 is 0 Å². The Labute approximate surface area is 619 Å². The molecule has 4 aromatic heterocycles. The van der Waals surface area contributed by atoms with Gasteiger partial charge in [0.05, 0.1) is 55.1 Å². The molecule has 0 saturated heterocycles. The summed E-state index contributed by atoms with van der Waals surface area (Å²) in [4.78, 5) is 39.5. The van der Waals surface area contributed by atoms with Crippen LogP contribution in [0.5, 0.6) is 23.0 Å². The number of benzene rings is 4. The van der Waals surface area contributed by atoms with Crippen LogP contribution < -0.4 is 34.5 Å². The molecule has 1 aliphatic heterocycles. The topological polar surface area (TPSA) is 248 Å². The Kier molecular flexibility index (Phi) is 27.8. The first-order valence-electron chi connectivity index (χ1n) is 36.0. The number of rotatable bonds is 39. The van der Waals surface area contributed by atoms with Gasteiger partial charge < -0.3 is 34.5 Å². The Hall–Kier alpha value is -9.55. The third kappa shape index (κ3) is 23.7. The SMILES string of the molecule is COc1ccc(NCCCCS(=O)(=O)O)c(C(C)(C)C/C=C/C2=C(Oc3ccc(C(=O)NCCCCOc4cc(CN(Cc5ccccn5)Cc5ccccn5)cc(CN(Cc5ccccn5)Cc5ccccn5)c4)cc3)C(=C/C=C3/N(CCCCS(=O)(=O)O)c4ccc(OC)cc4C3(C)C)/CCC2)c1. The van der Waals surface area contributed by atoms with E-state index in [4.69, 9.17) is 18.9 Å². The van der Waals surface area contributed by atoms with Gasteiger partial charge in [-0.25, -0.2) is 0 Å². The predicted molar refractivity (Wildman–Crippen MR) is 413 cm³/mol. The van der Waals surface area contributed by atoms with Crippen LogP contribution in [-0.2, 0) is 70.3 Å². The van der Waals surface area contributed by atoms with Gasteiger partial charge in [-0.15, -0.1) is 0 Å². The van der Waals surface area contributed by atoms with Crippen molar-refractivity contribution in [1.82, 2.24) is 35.1 Å². The first kappa shape index (κ1) is 78.0. The third-order valence-corrected chi connectivity index (χ3v) is 20.5. The van der Waals surface area contributed by atoms with Crippen molar-refractivity contribution < 1.29 is 49.7 Å². The molecule has 105 heavy (non-hydrogen) atoms. The first-order chi connectivity index (χ1) is 50.6. The van der Waals surface area contributed by atoms with E-state index in [1.807, 2.05) is 140 Å². The molecule has 22 heteroatoms. The molecule has 0 bridgehead atoms. The lowest BCUT2D eigenvalue weighted by Crippen LogP contribution is -2.27. The quantitative estimate of drug-likeness (QED) is 0.0206. The zero-order chi connectivity index (χ0) is 74.2. The van der Waals surface area contributed by atoms with Gasteiger partial charge in [-0.3, -0.25) is 43.6 Å². The highest BCUT2D eigenvalue weighted by Crippen LogP contribution is 2.49. The lowest BCUT2D eigenvalue weighted by atomic mass is 9.80. The van der Waals surface area contributed by atoms with Gasteiger partial charge in [0.25, 0.3) is 26.1 Å². The van der Waals surface area contributed by atoms with Crippen molar-refractivity contribution in [3.8, 4) is 23.0 Å². The van der Waals surface area contributed by atoms with Crippen LogP contribution in [0.4, 0.5) is 11.4 Å². The first-order valence-corrected chi connectivity index (χ1v) is 39.3. The van der Waals surface area contributed by atoms with Gasteiger partial charge in [0.1, 0.15) is 28.8 Å². The number of hydrogen-bond donors (Lipinski definition) is 4. The molecule has 0 fully saturated rings. The van der Waals surface area contributed by atoms with Gasteiger partial charge in [0, 0.05) is 112 Å². The van der Waals surface area contributed by atoms with Gasteiger partial charge >= 0.3 is 0 Å². The summed E-state index contributed by atoms with van der Waals surface area (Å²) in [6.07, 6.45) is 21.9. The Balaban J connectivity index is 0.849. The fourth-order valence-electron chi connectivity index (χ4n) is 13.5. The Morgan fingerprint density at radius 3 is 1.70 bits per heavy atom. The molecular weight excluding hydrogens is 1360 g/mol. The highest BCUT2D eigenvalue weighted by atomic mass is 32.2. The number of allylic oxidation sites excluding steroid dienone is 7. The smallest absolute Gasteiger partial charge is 0.264 e. The summed E-state index contributed by atoms with van der Waals surface area (Å²) in [5, 5.41) is 6.63. The minimum Gasteiger partial charge on any atom is -0.497 e. The monoisotopic (exact) mass is 1460 g/mol. The van der Waals surface area contributed by atoms with Crippen molar-refractivity contribution in [1.29, 1.82) is 0 Å². The molecule has 1 aliphatic carbocycles. The minimum absolute atomic E-state index is 0.205. The molecule has 4 N–H and O–H groups in total. The molecule has 0 saturated carbocycles. The molecule has 20 nitrogen and oxygen atoms in total. The van der Waals surface area contributed by atoms with Gasteiger partial charge in [-0.1, -0.05) is 76.3 Å². The molecular formula is C83H99N9O11S2. The van der Waals surface area contributed by atoms with Gasteiger partial charge in [-0.05, 0) is 230 Å². The van der Waals surface area contributed by atoms with Crippen LogP contribution in [0.25, 0.3) is 0 Å². The summed E-state index contributed by atoms with van der Waals surface area (Å²) in [6.45, 7) is 14.3. The van der Waals surface area contributed by atoms with E-state index in [0.717, 1.165) is 104 Å². The number of nitrogens with zero attached hydrogens (tertiary/aromatic N) is 7. The number of fused-ring (bicyclic) bond motifs is 1. The summed E-state index contributed by atoms with van der Waals surface area (Å²) in [5.41, 5.74) is 12.6. The molecule has 0 atom stereocenters. The Bertz CT molecular complexity index is 4330. The number of anilines is 2. The zero-order valence-electron chi connectivity index (χ0n) is 61.1. The predicted octanol–water partition coefficient (Wildman–Crippen LogP) is 15.4. The minimum atomic E-state index is -4.12. The number of amides is 1. The van der Waals surface area contributed by atoms with Crippen LogP contribution in [0.3, 0.4) is 0 Å². The number of hydrogen-bond acceptors (Lipinski definition) is 17. The van der Waals surface area contributed by atoms with Crippen LogP contribution in [0.15, 0.2) is 223 Å². The Morgan fingerprint density at radius 1 is 0.600 bits per heavy atom. The molecule has 1 amide bonds. The van der Waals surface area contributed by atoms with Crippen LogP contribution in [0.1, 0.15) is 147 Å². The molecule has 0 radical (unpaired) electrons. The average Bonchev–Trinajstić information content (AvgIpc) is 1.59. The molecule has 2 aliphatic rings. The zero-order valence-corrected chi connectivity index (χ0v) is 62.8. The van der Waals surface area contributed by atoms with E-state index in [1.54, 1.807) is 26.4 Å². The summed E-state index contributed by atoms with van der Waals surface area (Å²) in [6, 6.07) is 49.6. The van der Waals surface area contributed by atoms with E-state index < -0.39 is 31.1 Å². The highest BCUT2D eigenvalue weighted by molar-refractivity contribution is 7.86. The summed E-state index contributed by atoms with van der Waals surface area (Å²) >= 11 is 0. The lowest BCUT2D eigenvalue weighted by Gasteiger charge is -2.28. The molecule has 4 aromatic carbocycles. The maximum Gasteiger partial charge on any atom is 0.264 e. The number of unbranched alkanes of at least 4 members (excludes halogenated alkanes) is 3. The maximum absolute atomic E-state index is 13.9. The normalized spacial score (nSPS) is 14.7. The van der Waals surface area contributed by atoms with Crippen molar-refractivity contribution >= 4 is 37.5 Å². The van der Waals surface area contributed by atoms with Gasteiger partial charge in [-0.2, -0.15) is 16.8 Å². The van der Waals surface area contributed by atoms with Gasteiger partial charge in [0.2, 0.25) is 0 Å². The summed E-state index contributed by atoms with van der Waals surface area (Å²) in [5.74, 6) is 2.65. The average molecular weight is 1460 g/mol. The van der Waals surface area contributed by atoms with Crippen LogP contribution >= 0.6 is 0 Å². The number of aromatic nitrogens is 4. The second-order valence-corrected chi connectivity index (χ2v) is 31.1. The molecule has 10 rings (SSSR count). The standard InChI is InChI=1S/C83H99N9O11S2/c1-82(2,75-54-72(100-5)35-37-77(75)88-45-16-19-49-104(94,95)96)40-22-25-64-23-21-24-65(32-39-79-83(3,4)76-55-73(101-6)36-38-78(76)92(79)47-17-20-50-105(97,98)99)80(64)103-71-33-30-66(31-34-71)81(93)89-46-15-18-48-102-74-52-62(56-90(58-67-26-7-11-41-84-67)59-68-27-8-12-42-85-68)51-63(53-74)57-91(60-69-28-9-13-43-86-69)61-70-29-10-14-44-87-70/h7-14,22,25-39,41-44,51-55,88H,15-21,23-24,40,45-50,56-61H2,1-6H3,(H,89,93)(H,94,95,96)(H,97,98,99)/b25-22+,65-32+,79-39+. The highest BCUT2D eigenvalue weighted by Gasteiger charge is 2.40. The van der Waals surface area contributed by atoms with Crippen molar-refractivity contribution in [2.75, 3.05) is 62.2 Å². The van der Waals surface area contributed by atoms with Crippen molar-refractivity contribution in [3.05, 3.63) is 274 Å². The lowest BCUT2D eigenvalue weighted by molar-refractivity contribution is 0.0952. The molecule has 554 valence electrons. The Morgan fingerprint density at radius 2 is 1.14 bits per heavy atom. The third-order valence-electron chi connectivity index (χ3n) is 18.8. The number of nitrogens with one attached hydrogen (secondary N) is 2. The van der Waals surface area contributed by atoms with E-state index in [2.05, 4.69) is 122 Å². The van der Waals surface area contributed by atoms with Crippen LogP contribution in [-0.4, -0.2) is 114 Å². The number of ether oxygens (including phenoxy) is 4. The van der Waals surface area contributed by atoms with Crippen molar-refractivity contribution in [2.45, 2.75) is 142 Å². The largest absolute Gasteiger partial charge is 0.497 e. The maximum atomic E-state index is 13.9. The number of carbonyl (C=O) groups is 1. The van der Waals surface area contributed by atoms with E-state index in [9.17, 15) is 30.7 Å². The second kappa shape index (κ2) is 37.4. The molecule has 5 heterocycles. The summed E-state index contributed by atoms with van der Waals surface area (Å²) < 4.78 is 90.3. The second-order valence-electron chi connectivity index (χ2n) is 27.9. The van der Waals surface area contributed by atoms with Crippen molar-refractivity contribution in [2.24, 2.45) is 0 Å². The number of methoxy groups -OCH3 is 2. The van der Waals surface area contributed by atoms with E-state index in [0.29, 0.717) is 133 Å². The van der Waals surface area contributed by atoms with Crippen LogP contribution in [0, 0.1) is 0 Å². The van der Waals surface area contributed by atoms with E-state index in [1.165, 1.54) is 0 Å². The number of pyridine rings is 4. The van der Waals surface area contributed by atoms with Gasteiger partial charge in [0.15, 0.2) is 0 Å². The molecule has 0 unspecified atom stereocenters.